The van der Waals surface area contributed by atoms with Crippen LogP contribution in [0.1, 0.15) is 43.0 Å². The first kappa shape index (κ1) is 18.9. The molecule has 0 bridgehead atoms. The van der Waals surface area contributed by atoms with Crippen molar-refractivity contribution >= 4 is 23.4 Å². The number of benzene rings is 1. The number of hydrogen-bond acceptors (Lipinski definition) is 4. The predicted octanol–water partition coefficient (Wildman–Crippen LogP) is 1.10. The minimum absolute atomic E-state index is 0.00186. The lowest BCUT2D eigenvalue weighted by molar-refractivity contribution is -0.121. The molecule has 2 rings (SSSR count). The van der Waals surface area contributed by atoms with Crippen molar-refractivity contribution in [3.05, 3.63) is 29.8 Å². The Morgan fingerprint density at radius 3 is 2.56 bits per heavy atom. The maximum absolute atomic E-state index is 12.8. The van der Waals surface area contributed by atoms with Gasteiger partial charge in [-0.15, -0.1) is 0 Å². The van der Waals surface area contributed by atoms with Crippen LogP contribution in [0.25, 0.3) is 0 Å². The number of carbonyl (C=O) groups excluding carboxylic acids is 3. The summed E-state index contributed by atoms with van der Waals surface area (Å²) in [4.78, 5) is 37.3. The van der Waals surface area contributed by atoms with Crippen molar-refractivity contribution in [2.75, 3.05) is 25.0 Å². The molecule has 0 radical (unpaired) electrons. The smallest absolute Gasteiger partial charge is 0.254 e. The summed E-state index contributed by atoms with van der Waals surface area (Å²) in [6, 6.07) is 6.86. The molecule has 4 N–H and O–H groups in total. The summed E-state index contributed by atoms with van der Waals surface area (Å²) in [7, 11) is 0. The topological polar surface area (TPSA) is 105 Å². The normalized spacial score (nSPS) is 17.0. The third kappa shape index (κ3) is 5.56. The summed E-state index contributed by atoms with van der Waals surface area (Å²) in [5.74, 6) is -0.282. The van der Waals surface area contributed by atoms with Crippen LogP contribution in [0.15, 0.2) is 24.3 Å². The van der Waals surface area contributed by atoms with Crippen molar-refractivity contribution in [2.24, 2.45) is 5.73 Å². The number of carbonyl (C=O) groups is 3. The summed E-state index contributed by atoms with van der Waals surface area (Å²) < 4.78 is 0. The highest BCUT2D eigenvalue weighted by Crippen LogP contribution is 2.20. The van der Waals surface area contributed by atoms with Gasteiger partial charge in [0.05, 0.1) is 0 Å². The first-order valence-electron chi connectivity index (χ1n) is 8.66. The largest absolute Gasteiger partial charge is 0.354 e. The number of rotatable bonds is 6. The van der Waals surface area contributed by atoms with Crippen LogP contribution in [-0.4, -0.2) is 48.3 Å². The van der Waals surface area contributed by atoms with E-state index in [2.05, 4.69) is 10.6 Å². The molecule has 7 heteroatoms. The zero-order chi connectivity index (χ0) is 18.2. The Hall–Kier alpha value is -2.41. The lowest BCUT2D eigenvalue weighted by Crippen LogP contribution is -2.49. The fourth-order valence-corrected chi connectivity index (χ4v) is 3.00. The van der Waals surface area contributed by atoms with E-state index < -0.39 is 0 Å². The monoisotopic (exact) mass is 346 g/mol. The number of hydrogen-bond donors (Lipinski definition) is 3. The van der Waals surface area contributed by atoms with E-state index in [0.717, 1.165) is 19.3 Å². The Morgan fingerprint density at radius 2 is 1.92 bits per heavy atom. The average molecular weight is 346 g/mol. The number of nitrogens with zero attached hydrogens (tertiary/aromatic N) is 1. The molecule has 1 aromatic rings. The van der Waals surface area contributed by atoms with E-state index >= 15 is 0 Å². The summed E-state index contributed by atoms with van der Waals surface area (Å²) in [6.45, 7) is 2.90. The number of nitrogens with one attached hydrogen (secondary N) is 2. The highest BCUT2D eigenvalue weighted by molar-refractivity contribution is 5.95. The molecular weight excluding hydrogens is 320 g/mol. The molecule has 1 saturated heterocycles. The molecule has 7 nitrogen and oxygen atoms in total. The van der Waals surface area contributed by atoms with Gasteiger partial charge in [0.15, 0.2) is 0 Å². The summed E-state index contributed by atoms with van der Waals surface area (Å²) in [5.41, 5.74) is 6.62. The fraction of sp³-hybridized carbons (Fsp3) is 0.500. The fourth-order valence-electron chi connectivity index (χ4n) is 3.00. The van der Waals surface area contributed by atoms with Crippen molar-refractivity contribution in [2.45, 2.75) is 38.6 Å². The third-order valence-corrected chi connectivity index (χ3v) is 4.25. The van der Waals surface area contributed by atoms with Crippen LogP contribution >= 0.6 is 0 Å². The SMILES string of the molecule is CC(=O)Nc1ccc(C(=O)N2CCCCC2CNC(=O)CCN)cc1. The minimum Gasteiger partial charge on any atom is -0.354 e. The van der Waals surface area contributed by atoms with Crippen LogP contribution in [0.3, 0.4) is 0 Å². The molecule has 1 atom stereocenters. The van der Waals surface area contributed by atoms with E-state index in [0.29, 0.717) is 37.3 Å². The number of piperidine rings is 1. The first-order valence-corrected chi connectivity index (χ1v) is 8.66. The Bertz CT molecular complexity index is 615. The van der Waals surface area contributed by atoms with Gasteiger partial charge >= 0.3 is 0 Å². The molecule has 1 fully saturated rings. The lowest BCUT2D eigenvalue weighted by atomic mass is 10.0. The van der Waals surface area contributed by atoms with Crippen LogP contribution in [0.2, 0.25) is 0 Å². The van der Waals surface area contributed by atoms with Gasteiger partial charge in [-0.2, -0.15) is 0 Å². The quantitative estimate of drug-likeness (QED) is 0.717. The molecule has 1 aromatic carbocycles. The van der Waals surface area contributed by atoms with Crippen molar-refractivity contribution in [3.8, 4) is 0 Å². The van der Waals surface area contributed by atoms with E-state index in [4.69, 9.17) is 5.73 Å². The maximum atomic E-state index is 12.8. The van der Waals surface area contributed by atoms with Gasteiger partial charge in [0.1, 0.15) is 0 Å². The second-order valence-electron chi connectivity index (χ2n) is 6.25. The van der Waals surface area contributed by atoms with Gasteiger partial charge in [0, 0.05) is 50.3 Å². The van der Waals surface area contributed by atoms with Crippen LogP contribution in [0.4, 0.5) is 5.69 Å². The van der Waals surface area contributed by atoms with Gasteiger partial charge < -0.3 is 21.3 Å². The Labute approximate surface area is 147 Å². The van der Waals surface area contributed by atoms with Crippen molar-refractivity contribution in [1.82, 2.24) is 10.2 Å². The van der Waals surface area contributed by atoms with E-state index in [1.807, 2.05) is 4.90 Å². The molecule has 1 unspecified atom stereocenters. The Morgan fingerprint density at radius 1 is 1.20 bits per heavy atom. The molecule has 0 saturated carbocycles. The van der Waals surface area contributed by atoms with Crippen LogP contribution < -0.4 is 16.4 Å². The molecule has 1 heterocycles. The maximum Gasteiger partial charge on any atom is 0.254 e. The van der Waals surface area contributed by atoms with Crippen molar-refractivity contribution < 1.29 is 14.4 Å². The Balaban J connectivity index is 2.01. The summed E-state index contributed by atoms with van der Waals surface area (Å²) >= 11 is 0. The zero-order valence-electron chi connectivity index (χ0n) is 14.6. The van der Waals surface area contributed by atoms with Crippen LogP contribution in [0.5, 0.6) is 0 Å². The molecular formula is C18H26N4O3. The van der Waals surface area contributed by atoms with Gasteiger partial charge in [0.2, 0.25) is 11.8 Å². The number of nitrogens with two attached hydrogens (primary N) is 1. The van der Waals surface area contributed by atoms with Crippen molar-refractivity contribution in [3.63, 3.8) is 0 Å². The highest BCUT2D eigenvalue weighted by atomic mass is 16.2. The van der Waals surface area contributed by atoms with E-state index in [1.54, 1.807) is 24.3 Å². The molecule has 3 amide bonds. The number of anilines is 1. The lowest BCUT2D eigenvalue weighted by Gasteiger charge is -2.36. The molecule has 0 spiro atoms. The zero-order valence-corrected chi connectivity index (χ0v) is 14.6. The van der Waals surface area contributed by atoms with E-state index in [9.17, 15) is 14.4 Å². The average Bonchev–Trinajstić information content (AvgIpc) is 2.60. The molecule has 25 heavy (non-hydrogen) atoms. The molecule has 1 aliphatic heterocycles. The first-order chi connectivity index (χ1) is 12.0. The second kappa shape index (κ2) is 9.17. The van der Waals surface area contributed by atoms with Crippen LogP contribution in [-0.2, 0) is 9.59 Å². The van der Waals surface area contributed by atoms with Gasteiger partial charge in [-0.3, -0.25) is 14.4 Å². The van der Waals surface area contributed by atoms with E-state index in [1.165, 1.54) is 6.92 Å². The molecule has 0 aliphatic carbocycles. The Kier molecular flexibility index (Phi) is 6.94. The van der Waals surface area contributed by atoms with Gasteiger partial charge in [-0.05, 0) is 43.5 Å². The van der Waals surface area contributed by atoms with Crippen LogP contribution in [0, 0.1) is 0 Å². The van der Waals surface area contributed by atoms with E-state index in [-0.39, 0.29) is 23.8 Å². The molecule has 0 aromatic heterocycles. The molecule has 1 aliphatic rings. The predicted molar refractivity (Wildman–Crippen MR) is 96.1 cm³/mol. The summed E-state index contributed by atoms with van der Waals surface area (Å²) in [5, 5.41) is 5.54. The second-order valence-corrected chi connectivity index (χ2v) is 6.25. The minimum atomic E-state index is -0.150. The molecule has 136 valence electrons. The summed E-state index contributed by atoms with van der Waals surface area (Å²) in [6.07, 6.45) is 3.18. The highest BCUT2D eigenvalue weighted by Gasteiger charge is 2.27. The van der Waals surface area contributed by atoms with Gasteiger partial charge in [-0.1, -0.05) is 0 Å². The van der Waals surface area contributed by atoms with Crippen molar-refractivity contribution in [1.29, 1.82) is 0 Å². The standard InChI is InChI=1S/C18H26N4O3/c1-13(23)21-15-7-5-14(6-8-15)18(25)22-11-3-2-4-16(22)12-20-17(24)9-10-19/h5-8,16H,2-4,9-12,19H2,1H3,(H,20,24)(H,21,23). The number of likely N-dealkylation sites (tertiary alicyclic amines) is 1. The van der Waals surface area contributed by atoms with Gasteiger partial charge in [-0.25, -0.2) is 0 Å². The third-order valence-electron chi connectivity index (χ3n) is 4.25. The number of amides is 3. The van der Waals surface area contributed by atoms with Gasteiger partial charge in [0.25, 0.3) is 5.91 Å².